The van der Waals surface area contributed by atoms with Gasteiger partial charge < -0.3 is 15.4 Å². The van der Waals surface area contributed by atoms with Crippen LogP contribution in [-0.2, 0) is 11.3 Å². The SMILES string of the molecule is CC(C)(C)CNC(=O)c1cc(COC(C)(C)C)cc(C(=O)NCC(C)(C)C)c1. The van der Waals surface area contributed by atoms with E-state index in [0.29, 0.717) is 30.8 Å². The number of amides is 2. The molecule has 0 spiro atoms. The van der Waals surface area contributed by atoms with Gasteiger partial charge in [0.15, 0.2) is 0 Å². The Balaban J connectivity index is 3.09. The lowest BCUT2D eigenvalue weighted by atomic mass is 9.96. The molecule has 0 aromatic heterocycles. The molecule has 0 radical (unpaired) electrons. The van der Waals surface area contributed by atoms with Crippen LogP contribution in [0.1, 0.15) is 88.6 Å². The first-order valence-corrected chi connectivity index (χ1v) is 9.90. The van der Waals surface area contributed by atoms with Crippen LogP contribution in [0.3, 0.4) is 0 Å². The van der Waals surface area contributed by atoms with E-state index in [9.17, 15) is 9.59 Å². The lowest BCUT2D eigenvalue weighted by Gasteiger charge is -2.21. The summed E-state index contributed by atoms with van der Waals surface area (Å²) >= 11 is 0. The fourth-order valence-electron chi connectivity index (χ4n) is 2.23. The van der Waals surface area contributed by atoms with Gasteiger partial charge >= 0.3 is 0 Å². The predicted octanol–water partition coefficient (Wildman–Crippen LogP) is 4.55. The lowest BCUT2D eigenvalue weighted by molar-refractivity contribution is -0.0149. The van der Waals surface area contributed by atoms with E-state index in [1.165, 1.54) is 0 Å². The van der Waals surface area contributed by atoms with Crippen molar-refractivity contribution in [2.24, 2.45) is 10.8 Å². The van der Waals surface area contributed by atoms with E-state index in [2.05, 4.69) is 52.2 Å². The van der Waals surface area contributed by atoms with Crippen LogP contribution in [0.25, 0.3) is 0 Å². The van der Waals surface area contributed by atoms with Crippen molar-refractivity contribution >= 4 is 11.8 Å². The second-order valence-electron chi connectivity index (χ2n) is 10.8. The maximum atomic E-state index is 12.7. The molecule has 5 nitrogen and oxygen atoms in total. The van der Waals surface area contributed by atoms with E-state index >= 15 is 0 Å². The molecule has 1 rings (SSSR count). The van der Waals surface area contributed by atoms with Crippen molar-refractivity contribution in [1.82, 2.24) is 10.6 Å². The van der Waals surface area contributed by atoms with Gasteiger partial charge in [-0.15, -0.1) is 0 Å². The van der Waals surface area contributed by atoms with Crippen LogP contribution in [0.15, 0.2) is 18.2 Å². The van der Waals surface area contributed by atoms with Crippen molar-refractivity contribution in [2.75, 3.05) is 13.1 Å². The fourth-order valence-corrected chi connectivity index (χ4v) is 2.23. The first kappa shape index (κ1) is 24.2. The Kier molecular flexibility index (Phi) is 7.83. The van der Waals surface area contributed by atoms with Crippen molar-refractivity contribution < 1.29 is 14.3 Å². The van der Waals surface area contributed by atoms with Crippen molar-refractivity contribution in [3.8, 4) is 0 Å². The summed E-state index contributed by atoms with van der Waals surface area (Å²) in [5, 5.41) is 5.90. The number of carbonyl (C=O) groups excluding carboxylic acids is 2. The minimum atomic E-state index is -0.306. The third kappa shape index (κ3) is 9.88. The van der Waals surface area contributed by atoms with Crippen molar-refractivity contribution in [2.45, 2.75) is 74.5 Å². The largest absolute Gasteiger partial charge is 0.371 e. The van der Waals surface area contributed by atoms with E-state index < -0.39 is 0 Å². The third-order valence-corrected chi connectivity index (χ3v) is 3.75. The Morgan fingerprint density at radius 1 is 0.750 bits per heavy atom. The molecule has 1 aromatic carbocycles. The molecule has 0 atom stereocenters. The maximum absolute atomic E-state index is 12.7. The number of rotatable bonds is 6. The Labute approximate surface area is 170 Å². The van der Waals surface area contributed by atoms with Gasteiger partial charge in [-0.25, -0.2) is 0 Å². The first-order valence-electron chi connectivity index (χ1n) is 9.90. The second kappa shape index (κ2) is 9.08. The topological polar surface area (TPSA) is 67.4 Å². The Bertz CT molecular complexity index is 641. The van der Waals surface area contributed by atoms with Crippen LogP contribution in [0.5, 0.6) is 0 Å². The Morgan fingerprint density at radius 3 is 1.46 bits per heavy atom. The zero-order chi connectivity index (χ0) is 21.8. The molecule has 28 heavy (non-hydrogen) atoms. The van der Waals surface area contributed by atoms with E-state index in [0.717, 1.165) is 5.56 Å². The average molecular weight is 391 g/mol. The van der Waals surface area contributed by atoms with Gasteiger partial charge in [0.1, 0.15) is 0 Å². The molecule has 158 valence electrons. The normalized spacial score (nSPS) is 12.6. The number of hydrogen-bond donors (Lipinski definition) is 2. The standard InChI is InChI=1S/C23H38N2O3/c1-21(2,3)14-24-19(26)17-10-16(13-28-23(7,8)9)11-18(12-17)20(27)25-15-22(4,5)6/h10-12H,13-15H2,1-9H3,(H,24,26)(H,25,27). The van der Waals surface area contributed by atoms with Gasteiger partial charge in [0.05, 0.1) is 12.2 Å². The quantitative estimate of drug-likeness (QED) is 0.748. The summed E-state index contributed by atoms with van der Waals surface area (Å²) in [5.74, 6) is -0.366. The summed E-state index contributed by atoms with van der Waals surface area (Å²) in [5.41, 5.74) is 1.41. The van der Waals surface area contributed by atoms with E-state index in [4.69, 9.17) is 4.74 Å². The molecule has 0 aliphatic heterocycles. The van der Waals surface area contributed by atoms with Gasteiger partial charge in [0.25, 0.3) is 11.8 Å². The maximum Gasteiger partial charge on any atom is 0.251 e. The summed E-state index contributed by atoms with van der Waals surface area (Å²) in [6.45, 7) is 19.7. The van der Waals surface area contributed by atoms with Crippen molar-refractivity contribution in [3.05, 3.63) is 34.9 Å². The Morgan fingerprint density at radius 2 is 1.14 bits per heavy atom. The lowest BCUT2D eigenvalue weighted by Crippen LogP contribution is -2.34. The van der Waals surface area contributed by atoms with Crippen LogP contribution in [0.2, 0.25) is 0 Å². The van der Waals surface area contributed by atoms with Crippen LogP contribution in [0, 0.1) is 10.8 Å². The number of benzene rings is 1. The highest BCUT2D eigenvalue weighted by Crippen LogP contribution is 2.18. The molecule has 2 N–H and O–H groups in total. The summed E-state index contributed by atoms with van der Waals surface area (Å²) in [6.07, 6.45) is 0. The minimum absolute atomic E-state index is 0.0183. The first-order chi connectivity index (χ1) is 12.6. The van der Waals surface area contributed by atoms with Gasteiger partial charge in [-0.3, -0.25) is 9.59 Å². The van der Waals surface area contributed by atoms with Crippen LogP contribution >= 0.6 is 0 Å². The molecule has 0 saturated carbocycles. The average Bonchev–Trinajstić information content (AvgIpc) is 2.53. The van der Waals surface area contributed by atoms with Crippen molar-refractivity contribution in [3.63, 3.8) is 0 Å². The fraction of sp³-hybridized carbons (Fsp3) is 0.652. The number of nitrogens with one attached hydrogen (secondary N) is 2. The van der Waals surface area contributed by atoms with Crippen LogP contribution < -0.4 is 10.6 Å². The second-order valence-corrected chi connectivity index (χ2v) is 10.8. The van der Waals surface area contributed by atoms with Gasteiger partial charge in [0.2, 0.25) is 0 Å². The smallest absolute Gasteiger partial charge is 0.251 e. The molecule has 0 aliphatic rings. The molecular formula is C23H38N2O3. The number of hydrogen-bond acceptors (Lipinski definition) is 3. The van der Waals surface area contributed by atoms with Crippen LogP contribution in [-0.4, -0.2) is 30.5 Å². The van der Waals surface area contributed by atoms with Crippen LogP contribution in [0.4, 0.5) is 0 Å². The molecule has 0 heterocycles. The van der Waals surface area contributed by atoms with Gasteiger partial charge in [0, 0.05) is 24.2 Å². The Hall–Kier alpha value is -1.88. The highest BCUT2D eigenvalue weighted by molar-refractivity contribution is 6.00. The third-order valence-electron chi connectivity index (χ3n) is 3.75. The number of ether oxygens (including phenoxy) is 1. The molecule has 5 heteroatoms. The van der Waals surface area contributed by atoms with Gasteiger partial charge in [-0.05, 0) is 55.4 Å². The van der Waals surface area contributed by atoms with E-state index in [1.807, 2.05) is 20.8 Å². The van der Waals surface area contributed by atoms with Gasteiger partial charge in [-0.1, -0.05) is 41.5 Å². The number of carbonyl (C=O) groups is 2. The summed E-state index contributed by atoms with van der Waals surface area (Å²) in [4.78, 5) is 25.3. The molecule has 1 aromatic rings. The molecule has 0 unspecified atom stereocenters. The molecule has 0 bridgehead atoms. The molecule has 0 aliphatic carbocycles. The van der Waals surface area contributed by atoms with Crippen molar-refractivity contribution in [1.29, 1.82) is 0 Å². The molecule has 0 saturated heterocycles. The highest BCUT2D eigenvalue weighted by Gasteiger charge is 2.18. The molecular weight excluding hydrogens is 352 g/mol. The molecule has 2 amide bonds. The summed E-state index contributed by atoms with van der Waals surface area (Å²) < 4.78 is 5.85. The predicted molar refractivity (Wildman–Crippen MR) is 115 cm³/mol. The van der Waals surface area contributed by atoms with Gasteiger partial charge in [-0.2, -0.15) is 0 Å². The summed E-state index contributed by atoms with van der Waals surface area (Å²) in [7, 11) is 0. The monoisotopic (exact) mass is 390 g/mol. The summed E-state index contributed by atoms with van der Waals surface area (Å²) in [6, 6.07) is 5.24. The van der Waals surface area contributed by atoms with E-state index in [1.54, 1.807) is 18.2 Å². The molecule has 0 fully saturated rings. The van der Waals surface area contributed by atoms with E-state index in [-0.39, 0.29) is 28.2 Å². The minimum Gasteiger partial charge on any atom is -0.371 e. The highest BCUT2D eigenvalue weighted by atomic mass is 16.5. The zero-order valence-corrected chi connectivity index (χ0v) is 19.1. The zero-order valence-electron chi connectivity index (χ0n) is 19.1.